The zero-order valence-electron chi connectivity index (χ0n) is 10.5. The van der Waals surface area contributed by atoms with E-state index >= 15 is 0 Å². The van der Waals surface area contributed by atoms with E-state index in [-0.39, 0.29) is 10.9 Å². The molecule has 21 heavy (non-hydrogen) atoms. The molecular formula is C15H9Cl3FNO. The second-order valence-corrected chi connectivity index (χ2v) is 5.37. The molecule has 0 spiro atoms. The third kappa shape index (κ3) is 4.46. The summed E-state index contributed by atoms with van der Waals surface area (Å²) in [5.74, 6) is -0.929. The van der Waals surface area contributed by atoms with Gasteiger partial charge in [-0.25, -0.2) is 4.39 Å². The molecule has 0 radical (unpaired) electrons. The molecule has 0 unspecified atom stereocenters. The van der Waals surface area contributed by atoms with E-state index in [9.17, 15) is 9.18 Å². The quantitative estimate of drug-likeness (QED) is 0.738. The van der Waals surface area contributed by atoms with Gasteiger partial charge in [0.1, 0.15) is 5.82 Å². The lowest BCUT2D eigenvalue weighted by Crippen LogP contribution is -2.07. The number of amides is 1. The highest BCUT2D eigenvalue weighted by molar-refractivity contribution is 6.35. The SMILES string of the molecule is O=C(C=Cc1ccc(Cl)cc1Cl)Nc1ccc(F)c(Cl)c1. The Balaban J connectivity index is 2.07. The van der Waals surface area contributed by atoms with Crippen molar-refractivity contribution >= 4 is 52.5 Å². The zero-order chi connectivity index (χ0) is 15.4. The fourth-order valence-electron chi connectivity index (χ4n) is 1.56. The summed E-state index contributed by atoms with van der Waals surface area (Å²) < 4.78 is 13.0. The van der Waals surface area contributed by atoms with E-state index in [4.69, 9.17) is 34.8 Å². The summed E-state index contributed by atoms with van der Waals surface area (Å²) in [5, 5.41) is 3.46. The van der Waals surface area contributed by atoms with Gasteiger partial charge in [-0.3, -0.25) is 4.79 Å². The van der Waals surface area contributed by atoms with Gasteiger partial charge in [0.15, 0.2) is 0 Å². The summed E-state index contributed by atoms with van der Waals surface area (Å²) in [4.78, 5) is 11.8. The Kier molecular flexibility index (Phi) is 5.23. The van der Waals surface area contributed by atoms with Crippen LogP contribution in [0.3, 0.4) is 0 Å². The van der Waals surface area contributed by atoms with Crippen molar-refractivity contribution in [2.45, 2.75) is 0 Å². The van der Waals surface area contributed by atoms with Gasteiger partial charge >= 0.3 is 0 Å². The van der Waals surface area contributed by atoms with Crippen molar-refractivity contribution in [2.75, 3.05) is 5.32 Å². The van der Waals surface area contributed by atoms with Crippen molar-refractivity contribution < 1.29 is 9.18 Å². The lowest BCUT2D eigenvalue weighted by atomic mass is 10.2. The maximum atomic E-state index is 13.0. The number of hydrogen-bond donors (Lipinski definition) is 1. The zero-order valence-corrected chi connectivity index (χ0v) is 12.8. The average molecular weight is 345 g/mol. The summed E-state index contributed by atoms with van der Waals surface area (Å²) in [6, 6.07) is 8.88. The highest BCUT2D eigenvalue weighted by Gasteiger charge is 2.03. The number of hydrogen-bond acceptors (Lipinski definition) is 1. The highest BCUT2D eigenvalue weighted by atomic mass is 35.5. The normalized spacial score (nSPS) is 10.9. The summed E-state index contributed by atoms with van der Waals surface area (Å²) in [6.45, 7) is 0. The molecule has 0 aliphatic carbocycles. The van der Waals surface area contributed by atoms with Crippen LogP contribution in [-0.4, -0.2) is 5.91 Å². The predicted molar refractivity (Wildman–Crippen MR) is 85.5 cm³/mol. The van der Waals surface area contributed by atoms with Gasteiger partial charge in [0.2, 0.25) is 5.91 Å². The Labute approximate surface area is 136 Å². The first-order valence-electron chi connectivity index (χ1n) is 5.85. The number of carbonyl (C=O) groups excluding carboxylic acids is 1. The molecule has 0 aromatic heterocycles. The first kappa shape index (κ1) is 15.8. The first-order chi connectivity index (χ1) is 9.95. The predicted octanol–water partition coefficient (Wildman–Crippen LogP) is 5.44. The summed E-state index contributed by atoms with van der Waals surface area (Å²) in [7, 11) is 0. The summed E-state index contributed by atoms with van der Waals surface area (Å²) >= 11 is 17.4. The van der Waals surface area contributed by atoms with Gasteiger partial charge < -0.3 is 5.32 Å². The number of carbonyl (C=O) groups is 1. The molecule has 0 aliphatic heterocycles. The molecule has 0 heterocycles. The molecule has 6 heteroatoms. The molecule has 2 aromatic rings. The van der Waals surface area contributed by atoms with Gasteiger partial charge in [0, 0.05) is 21.8 Å². The minimum absolute atomic E-state index is 0.0578. The molecule has 2 nitrogen and oxygen atoms in total. The van der Waals surface area contributed by atoms with E-state index in [1.54, 1.807) is 24.3 Å². The number of rotatable bonds is 3. The average Bonchev–Trinajstić information content (AvgIpc) is 2.42. The van der Waals surface area contributed by atoms with Gasteiger partial charge in [0.25, 0.3) is 0 Å². The van der Waals surface area contributed by atoms with Gasteiger partial charge in [-0.15, -0.1) is 0 Å². The van der Waals surface area contributed by atoms with E-state index in [0.717, 1.165) is 0 Å². The van der Waals surface area contributed by atoms with Crippen LogP contribution in [0.15, 0.2) is 42.5 Å². The number of benzene rings is 2. The lowest BCUT2D eigenvalue weighted by Gasteiger charge is -2.03. The molecule has 0 atom stereocenters. The van der Waals surface area contributed by atoms with Crippen LogP contribution in [0.4, 0.5) is 10.1 Å². The monoisotopic (exact) mass is 343 g/mol. The van der Waals surface area contributed by atoms with Crippen LogP contribution in [-0.2, 0) is 4.79 Å². The van der Waals surface area contributed by atoms with Crippen LogP contribution in [0.2, 0.25) is 15.1 Å². The minimum atomic E-state index is -0.543. The molecule has 0 aliphatic rings. The van der Waals surface area contributed by atoms with Crippen molar-refractivity contribution in [2.24, 2.45) is 0 Å². The van der Waals surface area contributed by atoms with E-state index in [1.807, 2.05) is 0 Å². The van der Waals surface area contributed by atoms with Crippen LogP contribution >= 0.6 is 34.8 Å². The van der Waals surface area contributed by atoms with Crippen molar-refractivity contribution in [3.05, 3.63) is 68.9 Å². The van der Waals surface area contributed by atoms with E-state index < -0.39 is 5.82 Å². The maximum absolute atomic E-state index is 13.0. The molecule has 2 rings (SSSR count). The Morgan fingerprint density at radius 2 is 1.81 bits per heavy atom. The standard InChI is InChI=1S/C15H9Cl3FNO/c16-10-3-1-9(12(17)7-10)2-6-15(21)20-11-4-5-14(19)13(18)8-11/h1-8H,(H,20,21). The summed E-state index contributed by atoms with van der Waals surface area (Å²) in [6.07, 6.45) is 2.87. The largest absolute Gasteiger partial charge is 0.322 e. The Morgan fingerprint density at radius 1 is 1.05 bits per heavy atom. The van der Waals surface area contributed by atoms with Gasteiger partial charge in [-0.2, -0.15) is 0 Å². The molecule has 0 bridgehead atoms. The number of nitrogens with one attached hydrogen (secondary N) is 1. The van der Waals surface area contributed by atoms with Crippen molar-refractivity contribution in [1.82, 2.24) is 0 Å². The molecule has 0 saturated heterocycles. The van der Waals surface area contributed by atoms with E-state index in [0.29, 0.717) is 21.3 Å². The smallest absolute Gasteiger partial charge is 0.248 e. The summed E-state index contributed by atoms with van der Waals surface area (Å²) in [5.41, 5.74) is 1.06. The topological polar surface area (TPSA) is 29.1 Å². The van der Waals surface area contributed by atoms with Gasteiger partial charge in [0.05, 0.1) is 5.02 Å². The molecular weight excluding hydrogens is 336 g/mol. The number of anilines is 1. The Hall–Kier alpha value is -1.55. The first-order valence-corrected chi connectivity index (χ1v) is 6.98. The highest BCUT2D eigenvalue weighted by Crippen LogP contribution is 2.22. The third-order valence-electron chi connectivity index (χ3n) is 2.56. The van der Waals surface area contributed by atoms with Gasteiger partial charge in [-0.1, -0.05) is 40.9 Å². The van der Waals surface area contributed by atoms with Crippen LogP contribution in [0, 0.1) is 5.82 Å². The molecule has 0 fully saturated rings. The van der Waals surface area contributed by atoms with Crippen molar-refractivity contribution in [1.29, 1.82) is 0 Å². The second-order valence-electron chi connectivity index (χ2n) is 4.12. The molecule has 1 amide bonds. The van der Waals surface area contributed by atoms with Crippen molar-refractivity contribution in [3.63, 3.8) is 0 Å². The lowest BCUT2D eigenvalue weighted by molar-refractivity contribution is -0.111. The molecule has 1 N–H and O–H groups in total. The minimum Gasteiger partial charge on any atom is -0.322 e. The van der Waals surface area contributed by atoms with Crippen LogP contribution in [0.1, 0.15) is 5.56 Å². The third-order valence-corrected chi connectivity index (χ3v) is 3.42. The van der Waals surface area contributed by atoms with Crippen LogP contribution < -0.4 is 5.32 Å². The molecule has 108 valence electrons. The fourth-order valence-corrected chi connectivity index (χ4v) is 2.21. The maximum Gasteiger partial charge on any atom is 0.248 e. The molecule has 2 aromatic carbocycles. The fraction of sp³-hybridized carbons (Fsp3) is 0. The van der Waals surface area contributed by atoms with Gasteiger partial charge in [-0.05, 0) is 42.0 Å². The van der Waals surface area contributed by atoms with Crippen LogP contribution in [0.5, 0.6) is 0 Å². The second kappa shape index (κ2) is 6.94. The number of halogens is 4. The Bertz CT molecular complexity index is 716. The Morgan fingerprint density at radius 3 is 2.48 bits per heavy atom. The van der Waals surface area contributed by atoms with E-state index in [1.165, 1.54) is 24.3 Å². The van der Waals surface area contributed by atoms with E-state index in [2.05, 4.69) is 5.32 Å². The molecule has 0 saturated carbocycles. The van der Waals surface area contributed by atoms with Crippen molar-refractivity contribution in [3.8, 4) is 0 Å². The van der Waals surface area contributed by atoms with Crippen LogP contribution in [0.25, 0.3) is 6.08 Å².